The molecule has 105 valence electrons. The van der Waals surface area contributed by atoms with E-state index in [-0.39, 0.29) is 0 Å². The maximum atomic E-state index is 8.77. The SMILES string of the molecule is N#Cc1ccc(C2CCN(Cc3ccccc3)CC2)[c]n1. The van der Waals surface area contributed by atoms with Gasteiger partial charge in [-0.3, -0.25) is 4.90 Å². The van der Waals surface area contributed by atoms with Crippen molar-refractivity contribution < 1.29 is 0 Å². The zero-order chi connectivity index (χ0) is 14.5. The van der Waals surface area contributed by atoms with E-state index in [0.717, 1.165) is 38.0 Å². The van der Waals surface area contributed by atoms with Gasteiger partial charge in [-0.25, -0.2) is 4.98 Å². The van der Waals surface area contributed by atoms with Crippen LogP contribution in [0.4, 0.5) is 0 Å². The fourth-order valence-corrected chi connectivity index (χ4v) is 2.90. The topological polar surface area (TPSA) is 39.9 Å². The van der Waals surface area contributed by atoms with Gasteiger partial charge in [-0.1, -0.05) is 36.4 Å². The third-order valence-corrected chi connectivity index (χ3v) is 4.12. The highest BCUT2D eigenvalue weighted by atomic mass is 15.1. The van der Waals surface area contributed by atoms with Crippen LogP contribution in [0.2, 0.25) is 0 Å². The van der Waals surface area contributed by atoms with Crippen molar-refractivity contribution in [2.75, 3.05) is 13.1 Å². The monoisotopic (exact) mass is 276 g/mol. The van der Waals surface area contributed by atoms with Crippen LogP contribution in [-0.2, 0) is 6.54 Å². The molecule has 1 aliphatic heterocycles. The molecule has 3 rings (SSSR count). The average molecular weight is 276 g/mol. The number of likely N-dealkylation sites (tertiary alicyclic amines) is 1. The molecular formula is C18H18N3. The Kier molecular flexibility index (Phi) is 4.28. The first-order valence-corrected chi connectivity index (χ1v) is 7.40. The highest BCUT2D eigenvalue weighted by molar-refractivity contribution is 5.25. The number of nitriles is 1. The minimum atomic E-state index is 0.445. The number of rotatable bonds is 3. The summed E-state index contributed by atoms with van der Waals surface area (Å²) in [4.78, 5) is 6.56. The maximum Gasteiger partial charge on any atom is 0.141 e. The van der Waals surface area contributed by atoms with Crippen LogP contribution >= 0.6 is 0 Å². The van der Waals surface area contributed by atoms with E-state index in [2.05, 4.69) is 46.4 Å². The van der Waals surface area contributed by atoms with Gasteiger partial charge in [0.25, 0.3) is 0 Å². The van der Waals surface area contributed by atoms with Gasteiger partial charge < -0.3 is 0 Å². The molecule has 1 radical (unpaired) electrons. The third kappa shape index (κ3) is 3.48. The highest BCUT2D eigenvalue weighted by Gasteiger charge is 2.21. The number of pyridine rings is 1. The lowest BCUT2D eigenvalue weighted by atomic mass is 9.90. The van der Waals surface area contributed by atoms with E-state index in [1.165, 1.54) is 5.56 Å². The molecule has 3 heteroatoms. The van der Waals surface area contributed by atoms with E-state index in [4.69, 9.17) is 5.26 Å². The van der Waals surface area contributed by atoms with Crippen molar-refractivity contribution in [1.82, 2.24) is 9.88 Å². The smallest absolute Gasteiger partial charge is 0.141 e. The van der Waals surface area contributed by atoms with Crippen molar-refractivity contribution in [1.29, 1.82) is 5.26 Å². The van der Waals surface area contributed by atoms with Crippen LogP contribution in [0.5, 0.6) is 0 Å². The summed E-state index contributed by atoms with van der Waals surface area (Å²) in [6.45, 7) is 3.24. The second-order valence-electron chi connectivity index (χ2n) is 5.55. The van der Waals surface area contributed by atoms with E-state index in [9.17, 15) is 0 Å². The maximum absolute atomic E-state index is 8.77. The molecule has 2 aromatic rings. The van der Waals surface area contributed by atoms with Crippen molar-refractivity contribution in [2.45, 2.75) is 25.3 Å². The molecule has 1 aliphatic rings. The Bertz CT molecular complexity index is 605. The standard InChI is InChI=1S/C18H18N3/c19-12-18-7-6-17(13-20-18)16-8-10-21(11-9-16)14-15-4-2-1-3-5-15/h1-7,16H,8-11,14H2. The zero-order valence-electron chi connectivity index (χ0n) is 12.0. The van der Waals surface area contributed by atoms with Crippen molar-refractivity contribution in [3.05, 3.63) is 65.5 Å². The van der Waals surface area contributed by atoms with Gasteiger partial charge in [0, 0.05) is 6.54 Å². The van der Waals surface area contributed by atoms with Crippen LogP contribution in [-0.4, -0.2) is 23.0 Å². The molecule has 3 nitrogen and oxygen atoms in total. The largest absolute Gasteiger partial charge is 0.299 e. The van der Waals surface area contributed by atoms with E-state index in [1.807, 2.05) is 12.1 Å². The van der Waals surface area contributed by atoms with Gasteiger partial charge in [0.15, 0.2) is 0 Å². The molecule has 0 atom stereocenters. The molecule has 0 saturated carbocycles. The molecule has 0 N–H and O–H groups in total. The molecule has 1 aromatic carbocycles. The van der Waals surface area contributed by atoms with E-state index in [1.54, 1.807) is 6.07 Å². The number of hydrogen-bond acceptors (Lipinski definition) is 3. The summed E-state index contributed by atoms with van der Waals surface area (Å²) in [5.41, 5.74) is 2.97. The second kappa shape index (κ2) is 6.51. The Morgan fingerprint density at radius 2 is 1.90 bits per heavy atom. The van der Waals surface area contributed by atoms with Gasteiger partial charge in [-0.15, -0.1) is 0 Å². The fraction of sp³-hybridized carbons (Fsp3) is 0.333. The van der Waals surface area contributed by atoms with Crippen LogP contribution in [0.1, 0.15) is 35.6 Å². The first-order chi connectivity index (χ1) is 10.3. The lowest BCUT2D eigenvalue weighted by Crippen LogP contribution is -2.32. The third-order valence-electron chi connectivity index (χ3n) is 4.12. The van der Waals surface area contributed by atoms with Gasteiger partial charge in [0.05, 0.1) is 6.20 Å². The molecule has 0 aliphatic carbocycles. The number of nitrogens with zero attached hydrogens (tertiary/aromatic N) is 3. The molecular weight excluding hydrogens is 258 g/mol. The van der Waals surface area contributed by atoms with Gasteiger partial charge >= 0.3 is 0 Å². The molecule has 1 aromatic heterocycles. The van der Waals surface area contributed by atoms with Gasteiger partial charge in [0.2, 0.25) is 0 Å². The molecule has 0 amide bonds. The first kappa shape index (κ1) is 13.8. The fourth-order valence-electron chi connectivity index (χ4n) is 2.90. The van der Waals surface area contributed by atoms with Crippen molar-refractivity contribution in [3.8, 4) is 6.07 Å². The Morgan fingerprint density at radius 3 is 2.52 bits per heavy atom. The van der Waals surface area contributed by atoms with Crippen molar-refractivity contribution >= 4 is 0 Å². The predicted octanol–water partition coefficient (Wildman–Crippen LogP) is 3.13. The molecule has 0 bridgehead atoms. The summed E-state index contributed by atoms with van der Waals surface area (Å²) < 4.78 is 0. The summed E-state index contributed by atoms with van der Waals surface area (Å²) in [7, 11) is 0. The van der Waals surface area contributed by atoms with E-state index >= 15 is 0 Å². The Hall–Kier alpha value is -2.18. The number of piperidine rings is 1. The summed E-state index contributed by atoms with van der Waals surface area (Å²) >= 11 is 0. The average Bonchev–Trinajstić information content (AvgIpc) is 2.57. The van der Waals surface area contributed by atoms with Gasteiger partial charge in [-0.05, 0) is 49.0 Å². The second-order valence-corrected chi connectivity index (χ2v) is 5.55. The summed E-state index contributed by atoms with van der Waals surface area (Å²) in [5.74, 6) is 0.525. The molecule has 2 heterocycles. The highest BCUT2D eigenvalue weighted by Crippen LogP contribution is 2.27. The van der Waals surface area contributed by atoms with E-state index < -0.39 is 0 Å². The first-order valence-electron chi connectivity index (χ1n) is 7.40. The Morgan fingerprint density at radius 1 is 1.14 bits per heavy atom. The van der Waals surface area contributed by atoms with Crippen molar-refractivity contribution in [3.63, 3.8) is 0 Å². The molecule has 1 saturated heterocycles. The molecule has 0 spiro atoms. The summed E-state index contributed by atoms with van der Waals surface area (Å²) in [6, 6.07) is 16.5. The normalized spacial score (nSPS) is 16.5. The Balaban J connectivity index is 1.56. The van der Waals surface area contributed by atoms with E-state index in [0.29, 0.717) is 11.6 Å². The molecule has 0 unspecified atom stereocenters. The number of aromatic nitrogens is 1. The molecule has 1 fully saturated rings. The van der Waals surface area contributed by atoms with Crippen molar-refractivity contribution in [2.24, 2.45) is 0 Å². The minimum Gasteiger partial charge on any atom is -0.299 e. The Labute approximate surface area is 125 Å². The summed E-state index contributed by atoms with van der Waals surface area (Å²) in [5, 5.41) is 8.77. The lowest BCUT2D eigenvalue weighted by Gasteiger charge is -2.32. The van der Waals surface area contributed by atoms with Gasteiger partial charge in [0.1, 0.15) is 11.8 Å². The van der Waals surface area contributed by atoms with Crippen LogP contribution < -0.4 is 0 Å². The zero-order valence-corrected chi connectivity index (χ0v) is 12.0. The van der Waals surface area contributed by atoms with Gasteiger partial charge in [-0.2, -0.15) is 5.26 Å². The quantitative estimate of drug-likeness (QED) is 0.864. The number of hydrogen-bond donors (Lipinski definition) is 0. The van der Waals surface area contributed by atoms with Crippen LogP contribution in [0.15, 0.2) is 42.5 Å². The minimum absolute atomic E-state index is 0.445. The van der Waals surface area contributed by atoms with Crippen LogP contribution in [0.3, 0.4) is 0 Å². The van der Waals surface area contributed by atoms with Crippen LogP contribution in [0.25, 0.3) is 0 Å². The van der Waals surface area contributed by atoms with Crippen LogP contribution in [0, 0.1) is 17.5 Å². The lowest BCUT2D eigenvalue weighted by molar-refractivity contribution is 0.204. The number of benzene rings is 1. The predicted molar refractivity (Wildman–Crippen MR) is 81.5 cm³/mol. The summed E-state index contributed by atoms with van der Waals surface area (Å²) in [6.07, 6.45) is 5.30. The molecule has 21 heavy (non-hydrogen) atoms.